The second-order valence-electron chi connectivity index (χ2n) is 7.09. The summed E-state index contributed by atoms with van der Waals surface area (Å²) in [5, 5.41) is 6.13. The molecule has 0 amide bonds. The summed E-state index contributed by atoms with van der Waals surface area (Å²) in [4.78, 5) is 2.08. The average Bonchev–Trinajstić information content (AvgIpc) is 2.72. The third-order valence-electron chi connectivity index (χ3n) is 5.27. The van der Waals surface area contributed by atoms with Crippen LogP contribution in [-0.4, -0.2) is 32.3 Å². The standard InChI is InChI=1S/C23H25FN2O.ClH/c1-17(20-10-6-8-18-7-2-3-9-21(18)20)25-15-19-16-26(13-14-27-19)23-12-5-4-11-22(23)24;/h2-12,17,19,25H,13-16H2,1H3;1H/t17-,19?;/m1./s1. The largest absolute Gasteiger partial charge is 0.373 e. The fourth-order valence-electron chi connectivity index (χ4n) is 3.82. The van der Waals surface area contributed by atoms with Crippen molar-refractivity contribution in [2.75, 3.05) is 31.1 Å². The number of para-hydroxylation sites is 1. The summed E-state index contributed by atoms with van der Waals surface area (Å²) in [5.41, 5.74) is 1.95. The van der Waals surface area contributed by atoms with Crippen molar-refractivity contribution in [3.05, 3.63) is 78.1 Å². The lowest BCUT2D eigenvalue weighted by Crippen LogP contribution is -2.47. The monoisotopic (exact) mass is 400 g/mol. The number of hydrogen-bond donors (Lipinski definition) is 1. The van der Waals surface area contributed by atoms with E-state index in [0.717, 1.165) is 13.1 Å². The van der Waals surface area contributed by atoms with Crippen LogP contribution in [0.1, 0.15) is 18.5 Å². The highest BCUT2D eigenvalue weighted by molar-refractivity contribution is 5.86. The molecule has 0 radical (unpaired) electrons. The molecule has 148 valence electrons. The summed E-state index contributed by atoms with van der Waals surface area (Å²) in [6.45, 7) is 4.93. The van der Waals surface area contributed by atoms with Crippen LogP contribution in [0.2, 0.25) is 0 Å². The molecule has 1 unspecified atom stereocenters. The zero-order valence-electron chi connectivity index (χ0n) is 16.0. The molecule has 1 aliphatic heterocycles. The number of anilines is 1. The quantitative estimate of drug-likeness (QED) is 0.655. The summed E-state index contributed by atoms with van der Waals surface area (Å²) >= 11 is 0. The number of nitrogens with one attached hydrogen (secondary N) is 1. The SMILES string of the molecule is C[C@@H](NCC1CN(c2ccccc2F)CCO1)c1cccc2ccccc12.Cl. The number of morpholine rings is 1. The highest BCUT2D eigenvalue weighted by Crippen LogP contribution is 2.25. The number of ether oxygens (including phenoxy) is 1. The summed E-state index contributed by atoms with van der Waals surface area (Å²) in [5.74, 6) is -0.171. The number of fused-ring (bicyclic) bond motifs is 1. The number of hydrogen-bond acceptors (Lipinski definition) is 3. The van der Waals surface area contributed by atoms with Crippen LogP contribution in [0.25, 0.3) is 10.8 Å². The first kappa shape index (κ1) is 20.6. The highest BCUT2D eigenvalue weighted by Gasteiger charge is 2.23. The molecule has 1 fully saturated rings. The van der Waals surface area contributed by atoms with E-state index in [2.05, 4.69) is 59.6 Å². The van der Waals surface area contributed by atoms with E-state index in [9.17, 15) is 4.39 Å². The van der Waals surface area contributed by atoms with E-state index in [0.29, 0.717) is 18.8 Å². The molecule has 3 aromatic rings. The number of rotatable bonds is 5. The summed E-state index contributed by atoms with van der Waals surface area (Å²) in [6, 6.07) is 22.0. The van der Waals surface area contributed by atoms with Gasteiger partial charge in [0.2, 0.25) is 0 Å². The maximum atomic E-state index is 14.1. The predicted molar refractivity (Wildman–Crippen MR) is 116 cm³/mol. The zero-order chi connectivity index (χ0) is 18.6. The molecule has 1 aliphatic rings. The van der Waals surface area contributed by atoms with Crippen molar-refractivity contribution in [3.8, 4) is 0 Å². The van der Waals surface area contributed by atoms with Crippen molar-refractivity contribution >= 4 is 28.9 Å². The van der Waals surface area contributed by atoms with Gasteiger partial charge < -0.3 is 15.0 Å². The van der Waals surface area contributed by atoms with Gasteiger partial charge in [-0.1, -0.05) is 54.6 Å². The molecule has 3 aromatic carbocycles. The summed E-state index contributed by atoms with van der Waals surface area (Å²) < 4.78 is 20.0. The van der Waals surface area contributed by atoms with Gasteiger partial charge in [0.25, 0.3) is 0 Å². The molecule has 28 heavy (non-hydrogen) atoms. The molecule has 0 aliphatic carbocycles. The van der Waals surface area contributed by atoms with Crippen LogP contribution in [0.3, 0.4) is 0 Å². The van der Waals surface area contributed by atoms with E-state index in [1.54, 1.807) is 6.07 Å². The predicted octanol–water partition coefficient (Wildman–Crippen LogP) is 4.96. The van der Waals surface area contributed by atoms with Crippen LogP contribution in [0.5, 0.6) is 0 Å². The Kier molecular flexibility index (Phi) is 6.89. The normalized spacial score (nSPS) is 17.9. The molecule has 3 nitrogen and oxygen atoms in total. The van der Waals surface area contributed by atoms with Gasteiger partial charge >= 0.3 is 0 Å². The molecule has 1 heterocycles. The first-order valence-corrected chi connectivity index (χ1v) is 9.54. The molecule has 0 aromatic heterocycles. The van der Waals surface area contributed by atoms with Crippen molar-refractivity contribution in [2.45, 2.75) is 19.1 Å². The summed E-state index contributed by atoms with van der Waals surface area (Å²) in [6.07, 6.45) is 0.0378. The van der Waals surface area contributed by atoms with Crippen molar-refractivity contribution in [2.24, 2.45) is 0 Å². The van der Waals surface area contributed by atoms with E-state index in [-0.39, 0.29) is 30.4 Å². The molecule has 4 rings (SSSR count). The molecular weight excluding hydrogens is 375 g/mol. The Bertz CT molecular complexity index is 915. The Morgan fingerprint density at radius 1 is 1.07 bits per heavy atom. The van der Waals surface area contributed by atoms with Crippen molar-refractivity contribution in [1.29, 1.82) is 0 Å². The van der Waals surface area contributed by atoms with Gasteiger partial charge in [0.05, 0.1) is 18.4 Å². The first-order chi connectivity index (χ1) is 13.2. The Labute approximate surface area is 171 Å². The minimum atomic E-state index is -0.171. The fourth-order valence-corrected chi connectivity index (χ4v) is 3.82. The third kappa shape index (κ3) is 4.46. The third-order valence-corrected chi connectivity index (χ3v) is 5.27. The van der Waals surface area contributed by atoms with Gasteiger partial charge in [-0.25, -0.2) is 4.39 Å². The lowest BCUT2D eigenvalue weighted by Gasteiger charge is -2.35. The summed E-state index contributed by atoms with van der Waals surface area (Å²) in [7, 11) is 0. The topological polar surface area (TPSA) is 24.5 Å². The maximum Gasteiger partial charge on any atom is 0.146 e. The smallest absolute Gasteiger partial charge is 0.146 e. The molecule has 1 saturated heterocycles. The molecule has 0 bridgehead atoms. The molecular formula is C23H26ClFN2O. The minimum absolute atomic E-state index is 0. The molecule has 2 atom stereocenters. The molecule has 1 N–H and O–H groups in total. The lowest BCUT2D eigenvalue weighted by molar-refractivity contribution is 0.0392. The van der Waals surface area contributed by atoms with Crippen molar-refractivity contribution in [1.82, 2.24) is 5.32 Å². The van der Waals surface area contributed by atoms with Gasteiger partial charge in [-0.3, -0.25) is 0 Å². The van der Waals surface area contributed by atoms with Crippen LogP contribution >= 0.6 is 12.4 Å². The van der Waals surface area contributed by atoms with E-state index < -0.39 is 0 Å². The Morgan fingerprint density at radius 2 is 1.82 bits per heavy atom. The van der Waals surface area contributed by atoms with Gasteiger partial charge in [-0.05, 0) is 35.4 Å². The molecule has 0 spiro atoms. The van der Waals surface area contributed by atoms with E-state index >= 15 is 0 Å². The van der Waals surface area contributed by atoms with Gasteiger partial charge in [-0.15, -0.1) is 12.4 Å². The van der Waals surface area contributed by atoms with E-state index in [1.807, 2.05) is 12.1 Å². The first-order valence-electron chi connectivity index (χ1n) is 9.54. The Balaban J connectivity index is 0.00000225. The second kappa shape index (κ2) is 9.37. The molecule has 0 saturated carbocycles. The Morgan fingerprint density at radius 3 is 2.68 bits per heavy atom. The maximum absolute atomic E-state index is 14.1. The van der Waals surface area contributed by atoms with Crippen molar-refractivity contribution < 1.29 is 9.13 Å². The number of nitrogens with zero attached hydrogens (tertiary/aromatic N) is 1. The van der Waals surface area contributed by atoms with Crippen LogP contribution in [0.15, 0.2) is 66.7 Å². The minimum Gasteiger partial charge on any atom is -0.373 e. The van der Waals surface area contributed by atoms with Gasteiger partial charge in [-0.2, -0.15) is 0 Å². The van der Waals surface area contributed by atoms with Crippen molar-refractivity contribution in [3.63, 3.8) is 0 Å². The van der Waals surface area contributed by atoms with Crippen LogP contribution in [0, 0.1) is 5.82 Å². The number of benzene rings is 3. The van der Waals surface area contributed by atoms with E-state index in [1.165, 1.54) is 22.4 Å². The second-order valence-corrected chi connectivity index (χ2v) is 7.09. The van der Waals surface area contributed by atoms with Crippen LogP contribution in [-0.2, 0) is 4.74 Å². The lowest BCUT2D eigenvalue weighted by atomic mass is 9.99. The van der Waals surface area contributed by atoms with Gasteiger partial charge in [0, 0.05) is 25.7 Å². The molecule has 5 heteroatoms. The van der Waals surface area contributed by atoms with Gasteiger partial charge in [0.15, 0.2) is 0 Å². The van der Waals surface area contributed by atoms with Crippen LogP contribution < -0.4 is 10.2 Å². The van der Waals surface area contributed by atoms with E-state index in [4.69, 9.17) is 4.74 Å². The average molecular weight is 401 g/mol. The van der Waals surface area contributed by atoms with Crippen LogP contribution in [0.4, 0.5) is 10.1 Å². The fraction of sp³-hybridized carbons (Fsp3) is 0.304. The Hall–Kier alpha value is -2.14. The zero-order valence-corrected chi connectivity index (χ0v) is 16.8. The van der Waals surface area contributed by atoms with Gasteiger partial charge in [0.1, 0.15) is 5.82 Å². The number of halogens is 2. The highest BCUT2D eigenvalue weighted by atomic mass is 35.5.